The van der Waals surface area contributed by atoms with Crippen molar-refractivity contribution in [3.8, 4) is 0 Å². The van der Waals surface area contributed by atoms with Crippen LogP contribution in [0.25, 0.3) is 0 Å². The van der Waals surface area contributed by atoms with Crippen LogP contribution >= 0.6 is 0 Å². The van der Waals surface area contributed by atoms with Crippen molar-refractivity contribution in [1.29, 1.82) is 0 Å². The summed E-state index contributed by atoms with van der Waals surface area (Å²) in [5.41, 5.74) is 1.88. The first-order valence-electron chi connectivity index (χ1n) is 10.2. The van der Waals surface area contributed by atoms with Crippen molar-refractivity contribution in [3.05, 3.63) is 60.7 Å². The average Bonchev–Trinajstić information content (AvgIpc) is 2.75. The van der Waals surface area contributed by atoms with E-state index in [-0.39, 0.29) is 11.8 Å². The summed E-state index contributed by atoms with van der Waals surface area (Å²) in [6, 6.07) is 19.5. The molecule has 2 amide bonds. The van der Waals surface area contributed by atoms with Crippen molar-refractivity contribution in [3.63, 3.8) is 0 Å². The zero-order chi connectivity index (χ0) is 20.2. The van der Waals surface area contributed by atoms with Gasteiger partial charge in [0.15, 0.2) is 0 Å². The largest absolute Gasteiger partial charge is 0.316 e. The van der Waals surface area contributed by atoms with Gasteiger partial charge in [0.1, 0.15) is 0 Å². The molecule has 0 aromatic heterocycles. The van der Waals surface area contributed by atoms with E-state index in [4.69, 9.17) is 0 Å². The number of carbonyl (C=O) groups is 2. The third kappa shape index (κ3) is 7.18. The summed E-state index contributed by atoms with van der Waals surface area (Å²) in [6.45, 7) is 0. The van der Waals surface area contributed by atoms with Crippen molar-refractivity contribution in [2.24, 2.45) is 0 Å². The summed E-state index contributed by atoms with van der Waals surface area (Å²) in [4.78, 5) is 27.9. The van der Waals surface area contributed by atoms with Crippen molar-refractivity contribution in [2.45, 2.75) is 51.4 Å². The molecule has 0 spiro atoms. The van der Waals surface area contributed by atoms with Gasteiger partial charge in [-0.2, -0.15) is 0 Å². The maximum absolute atomic E-state index is 12.2. The zero-order valence-electron chi connectivity index (χ0n) is 17.1. The summed E-state index contributed by atoms with van der Waals surface area (Å²) in [5, 5.41) is 0. The van der Waals surface area contributed by atoms with Crippen LogP contribution in [0.1, 0.15) is 51.4 Å². The molecule has 28 heavy (non-hydrogen) atoms. The fourth-order valence-corrected chi connectivity index (χ4v) is 3.19. The predicted octanol–water partition coefficient (Wildman–Crippen LogP) is 5.43. The quantitative estimate of drug-likeness (QED) is 0.488. The number of benzene rings is 2. The molecule has 0 bridgehead atoms. The molecule has 150 valence electrons. The van der Waals surface area contributed by atoms with Crippen LogP contribution in [0.2, 0.25) is 0 Å². The SMILES string of the molecule is CN(C(=O)CCCCCCCCC(=O)N(C)c1ccccc1)c1ccccc1. The van der Waals surface area contributed by atoms with E-state index >= 15 is 0 Å². The Morgan fingerprint density at radius 1 is 0.571 bits per heavy atom. The molecule has 0 fully saturated rings. The van der Waals surface area contributed by atoms with Gasteiger partial charge >= 0.3 is 0 Å². The van der Waals surface area contributed by atoms with E-state index in [9.17, 15) is 9.59 Å². The van der Waals surface area contributed by atoms with Crippen molar-refractivity contribution in [2.75, 3.05) is 23.9 Å². The molecule has 0 saturated heterocycles. The fraction of sp³-hybridized carbons (Fsp3) is 0.417. The maximum Gasteiger partial charge on any atom is 0.226 e. The Balaban J connectivity index is 1.51. The Bertz CT molecular complexity index is 652. The number of amides is 2. The van der Waals surface area contributed by atoms with E-state index in [1.54, 1.807) is 9.80 Å². The minimum atomic E-state index is 0.167. The molecule has 0 heterocycles. The highest BCUT2D eigenvalue weighted by atomic mass is 16.2. The van der Waals surface area contributed by atoms with E-state index in [0.717, 1.165) is 49.9 Å². The van der Waals surface area contributed by atoms with Crippen LogP contribution in [0.5, 0.6) is 0 Å². The second-order valence-electron chi connectivity index (χ2n) is 7.20. The first-order valence-corrected chi connectivity index (χ1v) is 10.2. The van der Waals surface area contributed by atoms with Gasteiger partial charge in [-0.3, -0.25) is 9.59 Å². The molecule has 2 aromatic carbocycles. The van der Waals surface area contributed by atoms with Crippen LogP contribution in [0, 0.1) is 0 Å². The van der Waals surface area contributed by atoms with Gasteiger partial charge in [0, 0.05) is 38.3 Å². The van der Waals surface area contributed by atoms with Crippen LogP contribution in [-0.4, -0.2) is 25.9 Å². The molecular formula is C24H32N2O2. The molecule has 0 aliphatic rings. The molecule has 0 N–H and O–H groups in total. The molecule has 0 atom stereocenters. The van der Waals surface area contributed by atoms with Crippen molar-refractivity contribution < 1.29 is 9.59 Å². The van der Waals surface area contributed by atoms with Crippen LogP contribution in [-0.2, 0) is 9.59 Å². The summed E-state index contributed by atoms with van der Waals surface area (Å²) in [5.74, 6) is 0.335. The molecule has 2 rings (SSSR count). The van der Waals surface area contributed by atoms with Gasteiger partial charge in [0.2, 0.25) is 11.8 Å². The molecule has 0 radical (unpaired) electrons. The molecule has 2 aromatic rings. The Kier molecular flexibility index (Phi) is 9.26. The Morgan fingerprint density at radius 3 is 1.25 bits per heavy atom. The third-order valence-corrected chi connectivity index (χ3v) is 5.07. The smallest absolute Gasteiger partial charge is 0.226 e. The minimum absolute atomic E-state index is 0.167. The molecule has 4 heteroatoms. The highest BCUT2D eigenvalue weighted by Gasteiger charge is 2.11. The van der Waals surface area contributed by atoms with E-state index in [2.05, 4.69) is 0 Å². The first kappa shape index (κ1) is 21.7. The van der Waals surface area contributed by atoms with Crippen LogP contribution in [0.4, 0.5) is 11.4 Å². The molecule has 0 saturated carbocycles. The normalized spacial score (nSPS) is 10.5. The maximum atomic E-state index is 12.2. The second kappa shape index (κ2) is 12.0. The minimum Gasteiger partial charge on any atom is -0.316 e. The van der Waals surface area contributed by atoms with Gasteiger partial charge in [0.05, 0.1) is 0 Å². The van der Waals surface area contributed by atoms with Crippen molar-refractivity contribution >= 4 is 23.2 Å². The lowest BCUT2D eigenvalue weighted by molar-refractivity contribution is -0.119. The first-order chi connectivity index (χ1) is 13.6. The molecule has 0 aliphatic carbocycles. The summed E-state index contributed by atoms with van der Waals surface area (Å²) >= 11 is 0. The standard InChI is InChI=1S/C24H32N2O2/c1-25(21-15-9-7-10-16-21)23(27)19-13-5-3-4-6-14-20-24(28)26(2)22-17-11-8-12-18-22/h7-12,15-18H,3-6,13-14,19-20H2,1-2H3. The number of rotatable bonds is 11. The number of anilines is 2. The molecular weight excluding hydrogens is 348 g/mol. The topological polar surface area (TPSA) is 40.6 Å². The van der Waals surface area contributed by atoms with Crippen LogP contribution in [0.3, 0.4) is 0 Å². The summed E-state index contributed by atoms with van der Waals surface area (Å²) in [7, 11) is 3.67. The van der Waals surface area contributed by atoms with Gasteiger partial charge in [-0.05, 0) is 37.1 Å². The lowest BCUT2D eigenvalue weighted by Crippen LogP contribution is -2.25. The number of para-hydroxylation sites is 2. The van der Waals surface area contributed by atoms with Crippen LogP contribution in [0.15, 0.2) is 60.7 Å². The fourth-order valence-electron chi connectivity index (χ4n) is 3.19. The van der Waals surface area contributed by atoms with Gasteiger partial charge in [-0.1, -0.05) is 62.1 Å². The lowest BCUT2D eigenvalue weighted by Gasteiger charge is -2.17. The van der Waals surface area contributed by atoms with Gasteiger partial charge < -0.3 is 9.80 Å². The van der Waals surface area contributed by atoms with Gasteiger partial charge in [-0.25, -0.2) is 0 Å². The van der Waals surface area contributed by atoms with Crippen LogP contribution < -0.4 is 9.80 Å². The number of hydrogen-bond acceptors (Lipinski definition) is 2. The number of hydrogen-bond donors (Lipinski definition) is 0. The van der Waals surface area contributed by atoms with E-state index in [1.165, 1.54) is 0 Å². The zero-order valence-corrected chi connectivity index (χ0v) is 17.1. The predicted molar refractivity (Wildman–Crippen MR) is 117 cm³/mol. The summed E-state index contributed by atoms with van der Waals surface area (Å²) < 4.78 is 0. The molecule has 0 aliphatic heterocycles. The second-order valence-corrected chi connectivity index (χ2v) is 7.20. The van der Waals surface area contributed by atoms with Crippen molar-refractivity contribution in [1.82, 2.24) is 0 Å². The monoisotopic (exact) mass is 380 g/mol. The third-order valence-electron chi connectivity index (χ3n) is 5.07. The van der Waals surface area contributed by atoms with E-state index in [1.807, 2.05) is 74.8 Å². The summed E-state index contributed by atoms with van der Waals surface area (Å²) in [6.07, 6.45) is 7.38. The Labute approximate surface area is 169 Å². The van der Waals surface area contributed by atoms with E-state index in [0.29, 0.717) is 12.8 Å². The van der Waals surface area contributed by atoms with Gasteiger partial charge in [0.25, 0.3) is 0 Å². The highest BCUT2D eigenvalue weighted by Crippen LogP contribution is 2.16. The number of unbranched alkanes of at least 4 members (excludes halogenated alkanes) is 5. The number of nitrogens with zero attached hydrogens (tertiary/aromatic N) is 2. The van der Waals surface area contributed by atoms with E-state index < -0.39 is 0 Å². The molecule has 0 unspecified atom stereocenters. The Hall–Kier alpha value is -2.62. The van der Waals surface area contributed by atoms with Gasteiger partial charge in [-0.15, -0.1) is 0 Å². The Morgan fingerprint density at radius 2 is 0.893 bits per heavy atom. The highest BCUT2D eigenvalue weighted by molar-refractivity contribution is 5.93. The molecule has 4 nitrogen and oxygen atoms in total. The number of carbonyl (C=O) groups excluding carboxylic acids is 2. The lowest BCUT2D eigenvalue weighted by atomic mass is 10.1. The average molecular weight is 381 g/mol.